The Morgan fingerprint density at radius 2 is 1.96 bits per heavy atom. The lowest BCUT2D eigenvalue weighted by molar-refractivity contribution is -0.123. The van der Waals surface area contributed by atoms with Crippen LogP contribution in [0.5, 0.6) is 5.75 Å². The number of aromatic nitrogens is 1. The molecule has 0 radical (unpaired) electrons. The molecule has 4 nitrogen and oxygen atoms in total. The molecule has 3 rings (SSSR count). The van der Waals surface area contributed by atoms with Crippen molar-refractivity contribution in [3.05, 3.63) is 69.9 Å². The van der Waals surface area contributed by atoms with E-state index in [0.29, 0.717) is 11.6 Å². The van der Waals surface area contributed by atoms with Gasteiger partial charge in [0.1, 0.15) is 5.01 Å². The Hall–Kier alpha value is -2.44. The summed E-state index contributed by atoms with van der Waals surface area (Å²) in [5.74, 6) is -0.777. The van der Waals surface area contributed by atoms with Crippen molar-refractivity contribution in [2.75, 3.05) is 6.61 Å². The number of amides is 1. The molecule has 0 bridgehead atoms. The highest BCUT2D eigenvalue weighted by atomic mass is 35.5. The van der Waals surface area contributed by atoms with E-state index in [-0.39, 0.29) is 18.3 Å². The third-order valence-corrected chi connectivity index (χ3v) is 5.16. The van der Waals surface area contributed by atoms with Crippen LogP contribution in [0.25, 0.3) is 10.6 Å². The summed E-state index contributed by atoms with van der Waals surface area (Å²) in [5.41, 5.74) is 1.70. The zero-order valence-electron chi connectivity index (χ0n) is 14.0. The highest BCUT2D eigenvalue weighted by Crippen LogP contribution is 2.32. The summed E-state index contributed by atoms with van der Waals surface area (Å²) in [6.07, 6.45) is 0. The van der Waals surface area contributed by atoms with Gasteiger partial charge in [0, 0.05) is 10.4 Å². The topological polar surface area (TPSA) is 51.2 Å². The van der Waals surface area contributed by atoms with Crippen LogP contribution < -0.4 is 10.1 Å². The fourth-order valence-electron chi connectivity index (χ4n) is 2.28. The maximum Gasteiger partial charge on any atom is 0.258 e. The van der Waals surface area contributed by atoms with E-state index in [1.165, 1.54) is 23.5 Å². The van der Waals surface area contributed by atoms with Crippen molar-refractivity contribution in [1.29, 1.82) is 0 Å². The Morgan fingerprint density at radius 1 is 1.23 bits per heavy atom. The molecule has 1 aromatic heterocycles. The van der Waals surface area contributed by atoms with Crippen molar-refractivity contribution >= 4 is 28.8 Å². The Bertz CT molecular complexity index is 929. The zero-order valence-corrected chi connectivity index (χ0v) is 15.5. The van der Waals surface area contributed by atoms with Gasteiger partial charge >= 0.3 is 0 Å². The summed E-state index contributed by atoms with van der Waals surface area (Å²) in [7, 11) is 0. The van der Waals surface area contributed by atoms with Crippen molar-refractivity contribution in [3.8, 4) is 16.3 Å². The number of ether oxygens (including phenoxy) is 1. The van der Waals surface area contributed by atoms with Crippen LogP contribution in [0, 0.1) is 12.7 Å². The molecule has 0 atom stereocenters. The molecule has 134 valence electrons. The third kappa shape index (κ3) is 4.39. The maximum absolute atomic E-state index is 13.5. The van der Waals surface area contributed by atoms with E-state index < -0.39 is 5.82 Å². The van der Waals surface area contributed by atoms with Crippen LogP contribution in [0.2, 0.25) is 5.02 Å². The van der Waals surface area contributed by atoms with E-state index in [2.05, 4.69) is 10.3 Å². The SMILES string of the molecule is Cc1nc(-c2ccccc2Cl)sc1CNC(=O)COc1ccccc1F. The average molecular weight is 391 g/mol. The van der Waals surface area contributed by atoms with Crippen LogP contribution in [-0.4, -0.2) is 17.5 Å². The van der Waals surface area contributed by atoms with Crippen molar-refractivity contribution in [2.45, 2.75) is 13.5 Å². The Morgan fingerprint density at radius 3 is 2.73 bits per heavy atom. The number of para-hydroxylation sites is 1. The quantitative estimate of drug-likeness (QED) is 0.668. The lowest BCUT2D eigenvalue weighted by Gasteiger charge is -2.07. The van der Waals surface area contributed by atoms with Crippen LogP contribution in [0.4, 0.5) is 4.39 Å². The molecule has 2 aromatic carbocycles. The summed E-state index contributed by atoms with van der Waals surface area (Å²) in [6.45, 7) is 1.96. The highest BCUT2D eigenvalue weighted by Gasteiger charge is 2.13. The minimum Gasteiger partial charge on any atom is -0.481 e. The number of thiazole rings is 1. The van der Waals surface area contributed by atoms with Crippen LogP contribution in [-0.2, 0) is 11.3 Å². The lowest BCUT2D eigenvalue weighted by atomic mass is 10.2. The third-order valence-electron chi connectivity index (χ3n) is 3.64. The first-order chi connectivity index (χ1) is 12.5. The number of halogens is 2. The number of carbonyl (C=O) groups excluding carboxylic acids is 1. The molecule has 1 N–H and O–H groups in total. The van der Waals surface area contributed by atoms with Gasteiger partial charge in [-0.15, -0.1) is 11.3 Å². The molecule has 1 heterocycles. The van der Waals surface area contributed by atoms with Crippen LogP contribution in [0.1, 0.15) is 10.6 Å². The van der Waals surface area contributed by atoms with Crippen molar-refractivity contribution in [3.63, 3.8) is 0 Å². The van der Waals surface area contributed by atoms with Crippen LogP contribution in [0.3, 0.4) is 0 Å². The second-order valence-electron chi connectivity index (χ2n) is 5.50. The van der Waals surface area contributed by atoms with E-state index in [1.807, 2.05) is 31.2 Å². The Labute approximate surface area is 159 Å². The number of hydrogen-bond acceptors (Lipinski definition) is 4. The standard InChI is InChI=1S/C19H16ClFN2O2S/c1-12-17(26-19(23-12)13-6-2-3-7-14(13)20)10-22-18(24)11-25-16-9-5-4-8-15(16)21/h2-9H,10-11H2,1H3,(H,22,24). The summed E-state index contributed by atoms with van der Waals surface area (Å²) in [5, 5.41) is 4.20. The summed E-state index contributed by atoms with van der Waals surface area (Å²) < 4.78 is 18.7. The molecule has 7 heteroatoms. The normalized spacial score (nSPS) is 10.6. The molecule has 0 aliphatic heterocycles. The number of rotatable bonds is 6. The predicted octanol–water partition coefficient (Wildman–Crippen LogP) is 4.61. The monoisotopic (exact) mass is 390 g/mol. The van der Waals surface area contributed by atoms with Crippen molar-refractivity contribution in [2.24, 2.45) is 0 Å². The first-order valence-corrected chi connectivity index (χ1v) is 9.09. The van der Waals surface area contributed by atoms with Crippen LogP contribution >= 0.6 is 22.9 Å². The number of carbonyl (C=O) groups is 1. The van der Waals surface area contributed by atoms with Crippen molar-refractivity contribution < 1.29 is 13.9 Å². The Balaban J connectivity index is 1.59. The smallest absolute Gasteiger partial charge is 0.258 e. The lowest BCUT2D eigenvalue weighted by Crippen LogP contribution is -2.28. The van der Waals surface area contributed by atoms with E-state index in [9.17, 15) is 9.18 Å². The van der Waals surface area contributed by atoms with Gasteiger partial charge in [0.15, 0.2) is 18.2 Å². The van der Waals surface area contributed by atoms with E-state index in [1.54, 1.807) is 12.1 Å². The molecule has 0 fully saturated rings. The van der Waals surface area contributed by atoms with Gasteiger partial charge in [-0.25, -0.2) is 9.37 Å². The molecule has 26 heavy (non-hydrogen) atoms. The number of aryl methyl sites for hydroxylation is 1. The van der Waals surface area contributed by atoms with E-state index in [0.717, 1.165) is 21.1 Å². The molecule has 3 aromatic rings. The fourth-order valence-corrected chi connectivity index (χ4v) is 3.60. The van der Waals surface area contributed by atoms with Gasteiger partial charge in [-0.1, -0.05) is 41.9 Å². The second-order valence-corrected chi connectivity index (χ2v) is 6.99. The first kappa shape index (κ1) is 18.4. The molecular formula is C19H16ClFN2O2S. The van der Waals surface area contributed by atoms with E-state index >= 15 is 0 Å². The van der Waals surface area contributed by atoms with Gasteiger partial charge in [0.05, 0.1) is 17.3 Å². The molecule has 0 saturated carbocycles. The van der Waals surface area contributed by atoms with Gasteiger partial charge in [-0.2, -0.15) is 0 Å². The highest BCUT2D eigenvalue weighted by molar-refractivity contribution is 7.15. The Kier molecular flexibility index (Phi) is 5.85. The van der Waals surface area contributed by atoms with Gasteiger partial charge in [-0.05, 0) is 25.1 Å². The van der Waals surface area contributed by atoms with Gasteiger partial charge < -0.3 is 10.1 Å². The van der Waals surface area contributed by atoms with Crippen LogP contribution in [0.15, 0.2) is 48.5 Å². The number of benzene rings is 2. The predicted molar refractivity (Wildman–Crippen MR) is 101 cm³/mol. The minimum absolute atomic E-state index is 0.0534. The molecule has 0 aliphatic rings. The number of hydrogen-bond donors (Lipinski definition) is 1. The summed E-state index contributed by atoms with van der Waals surface area (Å²) >= 11 is 7.68. The number of nitrogens with one attached hydrogen (secondary N) is 1. The zero-order chi connectivity index (χ0) is 18.5. The van der Waals surface area contributed by atoms with Gasteiger partial charge in [0.25, 0.3) is 5.91 Å². The molecule has 0 unspecified atom stereocenters. The average Bonchev–Trinajstić information content (AvgIpc) is 3.00. The fraction of sp³-hybridized carbons (Fsp3) is 0.158. The molecule has 0 saturated heterocycles. The molecular weight excluding hydrogens is 375 g/mol. The summed E-state index contributed by atoms with van der Waals surface area (Å²) in [4.78, 5) is 17.4. The maximum atomic E-state index is 13.5. The van der Waals surface area contributed by atoms with E-state index in [4.69, 9.17) is 16.3 Å². The largest absolute Gasteiger partial charge is 0.481 e. The minimum atomic E-state index is -0.497. The second kappa shape index (κ2) is 8.29. The first-order valence-electron chi connectivity index (χ1n) is 7.90. The number of nitrogens with zero attached hydrogens (tertiary/aromatic N) is 1. The van der Waals surface area contributed by atoms with Gasteiger partial charge in [-0.3, -0.25) is 4.79 Å². The molecule has 0 aliphatic carbocycles. The summed E-state index contributed by atoms with van der Waals surface area (Å²) in [6, 6.07) is 13.5. The van der Waals surface area contributed by atoms with Crippen molar-refractivity contribution in [1.82, 2.24) is 10.3 Å². The van der Waals surface area contributed by atoms with Gasteiger partial charge in [0.2, 0.25) is 0 Å². The molecule has 1 amide bonds. The molecule has 0 spiro atoms.